The van der Waals surface area contributed by atoms with E-state index in [1.54, 1.807) is 0 Å². The SMILES string of the molecule is CCCNc1nc(CN(C)C)nc(CC)c1C. The fourth-order valence-corrected chi connectivity index (χ4v) is 1.73. The van der Waals surface area contributed by atoms with Crippen molar-refractivity contribution in [1.29, 1.82) is 0 Å². The van der Waals surface area contributed by atoms with E-state index >= 15 is 0 Å². The lowest BCUT2D eigenvalue weighted by Crippen LogP contribution is -2.16. The molecule has 4 nitrogen and oxygen atoms in total. The lowest BCUT2D eigenvalue weighted by Gasteiger charge is -2.15. The van der Waals surface area contributed by atoms with Gasteiger partial charge in [0.2, 0.25) is 0 Å². The summed E-state index contributed by atoms with van der Waals surface area (Å²) in [6, 6.07) is 0. The minimum atomic E-state index is 0.786. The van der Waals surface area contributed by atoms with E-state index in [9.17, 15) is 0 Å². The van der Waals surface area contributed by atoms with Crippen LogP contribution in [0.1, 0.15) is 37.4 Å². The van der Waals surface area contributed by atoms with Gasteiger partial charge in [-0.25, -0.2) is 9.97 Å². The molecule has 0 aromatic carbocycles. The van der Waals surface area contributed by atoms with E-state index < -0.39 is 0 Å². The molecule has 0 aliphatic rings. The first-order valence-corrected chi connectivity index (χ1v) is 6.33. The van der Waals surface area contributed by atoms with Crippen LogP contribution < -0.4 is 5.32 Å². The second kappa shape index (κ2) is 6.55. The van der Waals surface area contributed by atoms with E-state index in [4.69, 9.17) is 0 Å². The Morgan fingerprint density at radius 3 is 2.41 bits per heavy atom. The molecule has 0 atom stereocenters. The summed E-state index contributed by atoms with van der Waals surface area (Å²) in [5.41, 5.74) is 2.33. The van der Waals surface area contributed by atoms with E-state index in [1.807, 2.05) is 14.1 Å². The van der Waals surface area contributed by atoms with Gasteiger partial charge in [-0.05, 0) is 33.9 Å². The van der Waals surface area contributed by atoms with Gasteiger partial charge in [-0.1, -0.05) is 13.8 Å². The maximum atomic E-state index is 4.61. The van der Waals surface area contributed by atoms with Gasteiger partial charge in [-0.3, -0.25) is 0 Å². The van der Waals surface area contributed by atoms with Crippen molar-refractivity contribution < 1.29 is 0 Å². The van der Waals surface area contributed by atoms with Gasteiger partial charge in [0.1, 0.15) is 11.6 Å². The summed E-state index contributed by atoms with van der Waals surface area (Å²) in [5.74, 6) is 1.90. The highest BCUT2D eigenvalue weighted by atomic mass is 15.1. The second-order valence-corrected chi connectivity index (χ2v) is 4.58. The molecule has 0 aliphatic heterocycles. The summed E-state index contributed by atoms with van der Waals surface area (Å²) in [7, 11) is 4.07. The number of hydrogen-bond donors (Lipinski definition) is 1. The zero-order chi connectivity index (χ0) is 12.8. The summed E-state index contributed by atoms with van der Waals surface area (Å²) in [4.78, 5) is 11.3. The average Bonchev–Trinajstić information content (AvgIpc) is 2.28. The Hall–Kier alpha value is -1.16. The normalized spacial score (nSPS) is 10.9. The Bertz CT molecular complexity index is 361. The Labute approximate surface area is 104 Å². The highest BCUT2D eigenvalue weighted by Crippen LogP contribution is 2.16. The smallest absolute Gasteiger partial charge is 0.144 e. The Kier molecular flexibility index (Phi) is 5.35. The number of nitrogens with one attached hydrogen (secondary N) is 1. The molecule has 0 unspecified atom stereocenters. The summed E-state index contributed by atoms with van der Waals surface area (Å²) in [6.45, 7) is 8.14. The molecular weight excluding hydrogens is 212 g/mol. The molecule has 0 spiro atoms. The van der Waals surface area contributed by atoms with Crippen molar-refractivity contribution in [2.75, 3.05) is 26.0 Å². The van der Waals surface area contributed by atoms with Gasteiger partial charge < -0.3 is 10.2 Å². The fraction of sp³-hybridized carbons (Fsp3) is 0.692. The lowest BCUT2D eigenvalue weighted by molar-refractivity contribution is 0.389. The van der Waals surface area contributed by atoms with Crippen molar-refractivity contribution in [3.8, 4) is 0 Å². The van der Waals surface area contributed by atoms with Crippen LogP contribution in [0.5, 0.6) is 0 Å². The van der Waals surface area contributed by atoms with E-state index in [1.165, 1.54) is 5.56 Å². The van der Waals surface area contributed by atoms with Gasteiger partial charge in [0.15, 0.2) is 0 Å². The van der Waals surface area contributed by atoms with Gasteiger partial charge in [0, 0.05) is 17.8 Å². The van der Waals surface area contributed by atoms with Gasteiger partial charge in [-0.2, -0.15) is 0 Å². The van der Waals surface area contributed by atoms with Crippen molar-refractivity contribution in [1.82, 2.24) is 14.9 Å². The standard InChI is InChI=1S/C13H24N4/c1-6-8-14-13-10(3)11(7-2)15-12(16-13)9-17(4)5/h6-9H2,1-5H3,(H,14,15,16). The molecule has 0 radical (unpaired) electrons. The molecule has 1 N–H and O–H groups in total. The molecule has 4 heteroatoms. The molecule has 0 saturated carbocycles. The van der Waals surface area contributed by atoms with E-state index in [2.05, 4.69) is 41.0 Å². The summed E-state index contributed by atoms with van der Waals surface area (Å²) >= 11 is 0. The largest absolute Gasteiger partial charge is 0.370 e. The Balaban J connectivity index is 3.00. The zero-order valence-corrected chi connectivity index (χ0v) is 11.7. The maximum absolute atomic E-state index is 4.61. The van der Waals surface area contributed by atoms with Crippen LogP contribution >= 0.6 is 0 Å². The van der Waals surface area contributed by atoms with Crippen LogP contribution in [-0.4, -0.2) is 35.5 Å². The van der Waals surface area contributed by atoms with Crippen LogP contribution in [0, 0.1) is 6.92 Å². The first-order valence-electron chi connectivity index (χ1n) is 6.33. The third-order valence-corrected chi connectivity index (χ3v) is 2.63. The maximum Gasteiger partial charge on any atom is 0.144 e. The van der Waals surface area contributed by atoms with E-state index in [0.29, 0.717) is 0 Å². The first kappa shape index (κ1) is 13.9. The molecule has 0 aliphatic carbocycles. The van der Waals surface area contributed by atoms with E-state index in [0.717, 1.165) is 43.3 Å². The molecule has 1 aromatic rings. The van der Waals surface area contributed by atoms with Crippen molar-refractivity contribution in [3.63, 3.8) is 0 Å². The molecule has 0 bridgehead atoms. The molecule has 0 fully saturated rings. The predicted octanol–water partition coefficient (Wildman–Crippen LogP) is 2.23. The Morgan fingerprint density at radius 2 is 1.88 bits per heavy atom. The average molecular weight is 236 g/mol. The van der Waals surface area contributed by atoms with Crippen LogP contribution in [0.3, 0.4) is 0 Å². The number of anilines is 1. The van der Waals surface area contributed by atoms with Crippen LogP contribution in [0.2, 0.25) is 0 Å². The Morgan fingerprint density at radius 1 is 1.18 bits per heavy atom. The fourth-order valence-electron chi connectivity index (χ4n) is 1.73. The van der Waals surface area contributed by atoms with Gasteiger partial charge in [0.05, 0.1) is 6.54 Å². The predicted molar refractivity (Wildman–Crippen MR) is 72.3 cm³/mol. The molecule has 0 saturated heterocycles. The summed E-state index contributed by atoms with van der Waals surface area (Å²) < 4.78 is 0. The van der Waals surface area contributed by atoms with Crippen LogP contribution in [0.15, 0.2) is 0 Å². The molecule has 17 heavy (non-hydrogen) atoms. The van der Waals surface area contributed by atoms with Crippen molar-refractivity contribution in [2.45, 2.75) is 40.2 Å². The van der Waals surface area contributed by atoms with E-state index in [-0.39, 0.29) is 0 Å². The third-order valence-electron chi connectivity index (χ3n) is 2.63. The van der Waals surface area contributed by atoms with Crippen molar-refractivity contribution >= 4 is 5.82 Å². The van der Waals surface area contributed by atoms with Gasteiger partial charge >= 0.3 is 0 Å². The highest BCUT2D eigenvalue weighted by molar-refractivity contribution is 5.45. The highest BCUT2D eigenvalue weighted by Gasteiger charge is 2.09. The summed E-state index contributed by atoms with van der Waals surface area (Å²) in [5, 5.41) is 3.38. The molecule has 96 valence electrons. The molecule has 1 aromatic heterocycles. The number of nitrogens with zero attached hydrogens (tertiary/aromatic N) is 3. The topological polar surface area (TPSA) is 41.1 Å². The summed E-state index contributed by atoms with van der Waals surface area (Å²) in [6.07, 6.45) is 2.06. The van der Waals surface area contributed by atoms with Crippen LogP contribution in [0.4, 0.5) is 5.82 Å². The molecule has 1 rings (SSSR count). The molecular formula is C13H24N4. The second-order valence-electron chi connectivity index (χ2n) is 4.58. The van der Waals surface area contributed by atoms with Gasteiger partial charge in [0.25, 0.3) is 0 Å². The first-order chi connectivity index (χ1) is 8.08. The molecule has 0 amide bonds. The van der Waals surface area contributed by atoms with Gasteiger partial charge in [-0.15, -0.1) is 0 Å². The number of aryl methyl sites for hydroxylation is 1. The zero-order valence-electron chi connectivity index (χ0n) is 11.7. The lowest BCUT2D eigenvalue weighted by atomic mass is 10.2. The quantitative estimate of drug-likeness (QED) is 0.822. The van der Waals surface area contributed by atoms with Crippen LogP contribution in [-0.2, 0) is 13.0 Å². The number of rotatable bonds is 6. The molecule has 1 heterocycles. The monoisotopic (exact) mass is 236 g/mol. The van der Waals surface area contributed by atoms with Crippen molar-refractivity contribution in [2.24, 2.45) is 0 Å². The van der Waals surface area contributed by atoms with Crippen molar-refractivity contribution in [3.05, 3.63) is 17.1 Å². The third kappa shape index (κ3) is 3.97. The minimum Gasteiger partial charge on any atom is -0.370 e. The minimum absolute atomic E-state index is 0.786. The number of hydrogen-bond acceptors (Lipinski definition) is 4. The van der Waals surface area contributed by atoms with Crippen LogP contribution in [0.25, 0.3) is 0 Å². The number of aromatic nitrogens is 2.